The summed E-state index contributed by atoms with van der Waals surface area (Å²) in [7, 11) is 0. The molecular formula is C11H10BrN3. The zero-order valence-corrected chi connectivity index (χ0v) is 10.1. The van der Waals surface area contributed by atoms with Crippen LogP contribution in [-0.4, -0.2) is 9.55 Å². The predicted molar refractivity (Wildman–Crippen MR) is 62.5 cm³/mol. The summed E-state index contributed by atoms with van der Waals surface area (Å²) in [4.78, 5) is 4.34. The Morgan fingerprint density at radius 3 is 2.87 bits per heavy atom. The van der Waals surface area contributed by atoms with Crippen molar-refractivity contribution in [2.45, 2.75) is 19.9 Å². The molecule has 0 atom stereocenters. The van der Waals surface area contributed by atoms with Gasteiger partial charge in [-0.15, -0.1) is 0 Å². The van der Waals surface area contributed by atoms with Crippen LogP contribution in [0.1, 0.15) is 25.5 Å². The minimum absolute atomic E-state index is 0.309. The van der Waals surface area contributed by atoms with Crippen LogP contribution in [0, 0.1) is 11.3 Å². The predicted octanol–water partition coefficient (Wildman–Crippen LogP) is 3.25. The van der Waals surface area contributed by atoms with Gasteiger partial charge in [0.2, 0.25) is 0 Å². The molecule has 0 unspecified atom stereocenters. The number of hydrogen-bond donors (Lipinski definition) is 0. The molecule has 0 saturated heterocycles. The summed E-state index contributed by atoms with van der Waals surface area (Å²) >= 11 is 3.36. The summed E-state index contributed by atoms with van der Waals surface area (Å²) < 4.78 is 2.91. The van der Waals surface area contributed by atoms with E-state index in [1.165, 1.54) is 0 Å². The van der Waals surface area contributed by atoms with Crippen molar-refractivity contribution in [3.8, 4) is 6.07 Å². The van der Waals surface area contributed by atoms with Crippen molar-refractivity contribution >= 4 is 27.0 Å². The molecule has 0 aliphatic heterocycles. The smallest absolute Gasteiger partial charge is 0.141 e. The first-order valence-electron chi connectivity index (χ1n) is 4.69. The van der Waals surface area contributed by atoms with Crippen LogP contribution in [0.2, 0.25) is 0 Å². The van der Waals surface area contributed by atoms with Crippen LogP contribution in [0.5, 0.6) is 0 Å². The van der Waals surface area contributed by atoms with Crippen LogP contribution < -0.4 is 0 Å². The average Bonchev–Trinajstić information content (AvgIpc) is 2.55. The van der Waals surface area contributed by atoms with Crippen LogP contribution in [0.15, 0.2) is 22.9 Å². The summed E-state index contributed by atoms with van der Waals surface area (Å²) in [5.74, 6) is 0. The zero-order valence-electron chi connectivity index (χ0n) is 8.53. The second-order valence-corrected chi connectivity index (χ2v) is 4.60. The topological polar surface area (TPSA) is 41.6 Å². The third-order valence-corrected chi connectivity index (χ3v) is 2.75. The molecule has 2 heterocycles. The molecule has 3 nitrogen and oxygen atoms in total. The number of pyridine rings is 1. The first kappa shape index (κ1) is 10.2. The summed E-state index contributed by atoms with van der Waals surface area (Å²) in [5, 5.41) is 9.92. The number of rotatable bonds is 1. The van der Waals surface area contributed by atoms with E-state index in [0.29, 0.717) is 11.6 Å². The van der Waals surface area contributed by atoms with Crippen molar-refractivity contribution in [2.24, 2.45) is 0 Å². The summed E-state index contributed by atoms with van der Waals surface area (Å²) in [6.07, 6.45) is 3.61. The fourth-order valence-corrected chi connectivity index (χ4v) is 1.92. The minimum Gasteiger partial charge on any atom is -0.329 e. The van der Waals surface area contributed by atoms with E-state index in [4.69, 9.17) is 5.26 Å². The van der Waals surface area contributed by atoms with Gasteiger partial charge in [0.1, 0.15) is 11.7 Å². The highest BCUT2D eigenvalue weighted by Crippen LogP contribution is 2.24. The normalized spacial score (nSPS) is 10.9. The molecule has 0 N–H and O–H groups in total. The first-order valence-corrected chi connectivity index (χ1v) is 5.49. The molecule has 0 aliphatic rings. The fourth-order valence-electron chi connectivity index (χ4n) is 1.59. The molecule has 0 radical (unpaired) electrons. The van der Waals surface area contributed by atoms with Crippen LogP contribution in [0.3, 0.4) is 0 Å². The lowest BCUT2D eigenvalue weighted by Crippen LogP contribution is -1.99. The van der Waals surface area contributed by atoms with E-state index < -0.39 is 0 Å². The van der Waals surface area contributed by atoms with Gasteiger partial charge in [-0.1, -0.05) is 0 Å². The standard InChI is InChI=1S/C11H10BrN3/c1-7(2)15-6-8(4-13)10-3-9(12)5-14-11(10)15/h3,5-7H,1-2H3. The number of hydrogen-bond acceptors (Lipinski definition) is 2. The van der Waals surface area contributed by atoms with Gasteiger partial charge in [0.05, 0.1) is 5.56 Å². The van der Waals surface area contributed by atoms with Crippen molar-refractivity contribution in [2.75, 3.05) is 0 Å². The first-order chi connectivity index (χ1) is 7.13. The number of nitriles is 1. The van der Waals surface area contributed by atoms with Crippen molar-refractivity contribution in [3.05, 3.63) is 28.5 Å². The van der Waals surface area contributed by atoms with Gasteiger partial charge < -0.3 is 4.57 Å². The highest BCUT2D eigenvalue weighted by molar-refractivity contribution is 9.10. The van der Waals surface area contributed by atoms with Gasteiger partial charge in [0.25, 0.3) is 0 Å². The van der Waals surface area contributed by atoms with E-state index in [-0.39, 0.29) is 0 Å². The molecule has 0 saturated carbocycles. The molecular weight excluding hydrogens is 254 g/mol. The summed E-state index contributed by atoms with van der Waals surface area (Å²) in [6.45, 7) is 4.15. The highest BCUT2D eigenvalue weighted by Gasteiger charge is 2.11. The quantitative estimate of drug-likeness (QED) is 0.793. The molecule has 0 aromatic carbocycles. The molecule has 0 fully saturated rings. The summed E-state index contributed by atoms with van der Waals surface area (Å²) in [5.41, 5.74) is 1.54. The maximum absolute atomic E-state index is 9.02. The molecule has 2 rings (SSSR count). The summed E-state index contributed by atoms with van der Waals surface area (Å²) in [6, 6.07) is 4.43. The Morgan fingerprint density at radius 2 is 2.27 bits per heavy atom. The lowest BCUT2D eigenvalue weighted by Gasteiger charge is -2.07. The van der Waals surface area contributed by atoms with E-state index in [9.17, 15) is 0 Å². The van der Waals surface area contributed by atoms with Gasteiger partial charge in [-0.05, 0) is 35.8 Å². The molecule has 2 aromatic heterocycles. The van der Waals surface area contributed by atoms with Crippen molar-refractivity contribution in [3.63, 3.8) is 0 Å². The SMILES string of the molecule is CC(C)n1cc(C#N)c2cc(Br)cnc21. The van der Waals surface area contributed by atoms with Crippen molar-refractivity contribution in [1.82, 2.24) is 9.55 Å². The molecule has 0 amide bonds. The fraction of sp³-hybridized carbons (Fsp3) is 0.273. The minimum atomic E-state index is 0.309. The van der Waals surface area contributed by atoms with Gasteiger partial charge in [-0.3, -0.25) is 0 Å². The van der Waals surface area contributed by atoms with Crippen LogP contribution in [0.25, 0.3) is 11.0 Å². The van der Waals surface area contributed by atoms with E-state index in [0.717, 1.165) is 15.5 Å². The number of halogens is 1. The zero-order chi connectivity index (χ0) is 11.0. The molecule has 0 spiro atoms. The Kier molecular flexibility index (Phi) is 2.49. The Morgan fingerprint density at radius 1 is 1.53 bits per heavy atom. The van der Waals surface area contributed by atoms with Crippen molar-refractivity contribution in [1.29, 1.82) is 5.26 Å². The lowest BCUT2D eigenvalue weighted by molar-refractivity contribution is 0.617. The monoisotopic (exact) mass is 263 g/mol. The average molecular weight is 264 g/mol. The Labute approximate surface area is 96.5 Å². The Hall–Kier alpha value is -1.34. The van der Waals surface area contributed by atoms with Gasteiger partial charge in [0, 0.05) is 28.3 Å². The molecule has 15 heavy (non-hydrogen) atoms. The van der Waals surface area contributed by atoms with Gasteiger partial charge in [-0.25, -0.2) is 4.98 Å². The van der Waals surface area contributed by atoms with E-state index >= 15 is 0 Å². The van der Waals surface area contributed by atoms with E-state index in [1.807, 2.05) is 16.8 Å². The van der Waals surface area contributed by atoms with Gasteiger partial charge in [-0.2, -0.15) is 5.26 Å². The highest BCUT2D eigenvalue weighted by atomic mass is 79.9. The Balaban J connectivity index is 2.82. The largest absolute Gasteiger partial charge is 0.329 e. The number of fused-ring (bicyclic) bond motifs is 1. The van der Waals surface area contributed by atoms with Crippen molar-refractivity contribution < 1.29 is 0 Å². The van der Waals surface area contributed by atoms with Gasteiger partial charge >= 0.3 is 0 Å². The molecule has 0 bridgehead atoms. The third-order valence-electron chi connectivity index (χ3n) is 2.31. The molecule has 4 heteroatoms. The van der Waals surface area contributed by atoms with E-state index in [2.05, 4.69) is 40.8 Å². The maximum atomic E-state index is 9.02. The second kappa shape index (κ2) is 3.67. The molecule has 2 aromatic rings. The second-order valence-electron chi connectivity index (χ2n) is 3.68. The van der Waals surface area contributed by atoms with Crippen LogP contribution in [-0.2, 0) is 0 Å². The Bertz CT molecular complexity index is 549. The maximum Gasteiger partial charge on any atom is 0.141 e. The molecule has 0 aliphatic carbocycles. The lowest BCUT2D eigenvalue weighted by atomic mass is 10.2. The van der Waals surface area contributed by atoms with E-state index in [1.54, 1.807) is 6.20 Å². The van der Waals surface area contributed by atoms with Crippen LogP contribution in [0.4, 0.5) is 0 Å². The molecule has 76 valence electrons. The number of aromatic nitrogens is 2. The van der Waals surface area contributed by atoms with Gasteiger partial charge in [0.15, 0.2) is 0 Å². The van der Waals surface area contributed by atoms with Crippen LogP contribution >= 0.6 is 15.9 Å². The third kappa shape index (κ3) is 1.64. The number of nitrogens with zero attached hydrogens (tertiary/aromatic N) is 3.